The standard InChI is InChI=1S/C12H13NO/c1-3-12(14)10-5-4-9-6-7-13(2)11(9)8-10/h3-8,12,14H,1H2,2H3. The molecule has 0 aliphatic carbocycles. The maximum Gasteiger partial charge on any atom is 0.0969 e. The third-order valence-electron chi connectivity index (χ3n) is 2.48. The molecule has 0 aliphatic heterocycles. The molecule has 0 spiro atoms. The zero-order valence-electron chi connectivity index (χ0n) is 8.14. The van der Waals surface area contributed by atoms with Crippen LogP contribution in [0.5, 0.6) is 0 Å². The number of nitrogens with zero attached hydrogens (tertiary/aromatic N) is 1. The van der Waals surface area contributed by atoms with Crippen molar-refractivity contribution < 1.29 is 5.11 Å². The number of aliphatic hydroxyl groups is 1. The highest BCUT2D eigenvalue weighted by Gasteiger charge is 2.04. The first-order chi connectivity index (χ1) is 6.72. The van der Waals surface area contributed by atoms with E-state index < -0.39 is 6.10 Å². The van der Waals surface area contributed by atoms with Crippen LogP contribution >= 0.6 is 0 Å². The molecule has 0 aliphatic rings. The summed E-state index contributed by atoms with van der Waals surface area (Å²) in [5.41, 5.74) is 2.01. The number of aryl methyl sites for hydroxylation is 1. The summed E-state index contributed by atoms with van der Waals surface area (Å²) in [7, 11) is 1.99. The van der Waals surface area contributed by atoms with Gasteiger partial charge in [-0.05, 0) is 23.1 Å². The largest absolute Gasteiger partial charge is 0.384 e. The van der Waals surface area contributed by atoms with E-state index in [2.05, 4.69) is 12.6 Å². The van der Waals surface area contributed by atoms with Crippen molar-refractivity contribution in [2.24, 2.45) is 7.05 Å². The first kappa shape index (κ1) is 9.03. The number of rotatable bonds is 2. The second kappa shape index (κ2) is 3.31. The van der Waals surface area contributed by atoms with Crippen molar-refractivity contribution in [2.45, 2.75) is 6.10 Å². The lowest BCUT2D eigenvalue weighted by atomic mass is 10.1. The molecular formula is C12H13NO. The first-order valence-electron chi connectivity index (χ1n) is 4.58. The quantitative estimate of drug-likeness (QED) is 0.717. The first-order valence-corrected chi connectivity index (χ1v) is 4.58. The van der Waals surface area contributed by atoms with Crippen LogP contribution in [0.4, 0.5) is 0 Å². The lowest BCUT2D eigenvalue weighted by Crippen LogP contribution is -1.93. The van der Waals surface area contributed by atoms with E-state index in [1.54, 1.807) is 0 Å². The monoisotopic (exact) mass is 187 g/mol. The van der Waals surface area contributed by atoms with Crippen molar-refractivity contribution in [1.82, 2.24) is 4.57 Å². The van der Waals surface area contributed by atoms with Gasteiger partial charge >= 0.3 is 0 Å². The number of aromatic nitrogens is 1. The van der Waals surface area contributed by atoms with Crippen LogP contribution < -0.4 is 0 Å². The molecule has 1 unspecified atom stereocenters. The van der Waals surface area contributed by atoms with Gasteiger partial charge in [0.25, 0.3) is 0 Å². The Labute approximate surface area is 83.1 Å². The molecule has 2 heteroatoms. The van der Waals surface area contributed by atoms with E-state index in [4.69, 9.17) is 0 Å². The molecule has 14 heavy (non-hydrogen) atoms. The van der Waals surface area contributed by atoms with E-state index >= 15 is 0 Å². The number of aliphatic hydroxyl groups excluding tert-OH is 1. The van der Waals surface area contributed by atoms with Gasteiger partial charge in [0.15, 0.2) is 0 Å². The summed E-state index contributed by atoms with van der Waals surface area (Å²) in [6, 6.07) is 7.98. The normalized spacial score (nSPS) is 13.0. The molecule has 1 N–H and O–H groups in total. The van der Waals surface area contributed by atoms with Gasteiger partial charge in [0.2, 0.25) is 0 Å². The molecule has 2 rings (SSSR count). The molecule has 0 amide bonds. The molecular weight excluding hydrogens is 174 g/mol. The molecule has 2 nitrogen and oxygen atoms in total. The SMILES string of the molecule is C=CC(O)c1ccc2ccn(C)c2c1. The fourth-order valence-corrected chi connectivity index (χ4v) is 1.60. The van der Waals surface area contributed by atoms with Crippen molar-refractivity contribution in [2.75, 3.05) is 0 Å². The molecule has 0 bridgehead atoms. The van der Waals surface area contributed by atoms with Gasteiger partial charge < -0.3 is 9.67 Å². The summed E-state index contributed by atoms with van der Waals surface area (Å²) < 4.78 is 2.04. The lowest BCUT2D eigenvalue weighted by Gasteiger charge is -2.06. The van der Waals surface area contributed by atoms with E-state index in [0.717, 1.165) is 11.1 Å². The summed E-state index contributed by atoms with van der Waals surface area (Å²) in [6.07, 6.45) is 2.97. The van der Waals surface area contributed by atoms with Crippen LogP contribution in [-0.2, 0) is 7.05 Å². The molecule has 0 radical (unpaired) electrons. The zero-order chi connectivity index (χ0) is 10.1. The van der Waals surface area contributed by atoms with Gasteiger partial charge in [-0.1, -0.05) is 18.2 Å². The van der Waals surface area contributed by atoms with E-state index in [-0.39, 0.29) is 0 Å². The fraction of sp³-hybridized carbons (Fsp3) is 0.167. The van der Waals surface area contributed by atoms with Crippen molar-refractivity contribution in [3.05, 3.63) is 48.7 Å². The van der Waals surface area contributed by atoms with Crippen molar-refractivity contribution in [3.8, 4) is 0 Å². The Kier molecular flexibility index (Phi) is 2.14. The Hall–Kier alpha value is -1.54. The summed E-state index contributed by atoms with van der Waals surface area (Å²) in [4.78, 5) is 0. The predicted octanol–water partition coefficient (Wildman–Crippen LogP) is 2.40. The van der Waals surface area contributed by atoms with Crippen LogP contribution in [-0.4, -0.2) is 9.67 Å². The third-order valence-corrected chi connectivity index (χ3v) is 2.48. The molecule has 1 atom stereocenters. The highest BCUT2D eigenvalue weighted by Crippen LogP contribution is 2.21. The Morgan fingerprint density at radius 1 is 1.43 bits per heavy atom. The summed E-state index contributed by atoms with van der Waals surface area (Å²) in [5.74, 6) is 0. The van der Waals surface area contributed by atoms with Crippen LogP contribution in [0, 0.1) is 0 Å². The summed E-state index contributed by atoms with van der Waals surface area (Å²) >= 11 is 0. The molecule has 72 valence electrons. The predicted molar refractivity (Wildman–Crippen MR) is 58.1 cm³/mol. The minimum Gasteiger partial charge on any atom is -0.384 e. The van der Waals surface area contributed by atoms with Gasteiger partial charge in [-0.15, -0.1) is 6.58 Å². The average molecular weight is 187 g/mol. The van der Waals surface area contributed by atoms with Gasteiger partial charge in [0.1, 0.15) is 0 Å². The molecule has 0 saturated heterocycles. The molecule has 0 fully saturated rings. The maximum absolute atomic E-state index is 9.59. The molecule has 1 aromatic heterocycles. The lowest BCUT2D eigenvalue weighted by molar-refractivity contribution is 0.229. The van der Waals surface area contributed by atoms with Gasteiger partial charge in [-0.3, -0.25) is 0 Å². The highest BCUT2D eigenvalue weighted by atomic mass is 16.3. The molecule has 2 aromatic rings. The van der Waals surface area contributed by atoms with Crippen molar-refractivity contribution in [1.29, 1.82) is 0 Å². The van der Waals surface area contributed by atoms with Crippen LogP contribution in [0.2, 0.25) is 0 Å². The third kappa shape index (κ3) is 1.34. The van der Waals surface area contributed by atoms with Crippen LogP contribution in [0.1, 0.15) is 11.7 Å². The van der Waals surface area contributed by atoms with Gasteiger partial charge in [-0.2, -0.15) is 0 Å². The topological polar surface area (TPSA) is 25.2 Å². The van der Waals surface area contributed by atoms with E-state index in [1.165, 1.54) is 11.5 Å². The summed E-state index contributed by atoms with van der Waals surface area (Å²) in [6.45, 7) is 3.57. The van der Waals surface area contributed by atoms with Crippen LogP contribution in [0.25, 0.3) is 10.9 Å². The van der Waals surface area contributed by atoms with Gasteiger partial charge in [0.05, 0.1) is 6.10 Å². The van der Waals surface area contributed by atoms with E-state index in [0.29, 0.717) is 0 Å². The molecule has 0 saturated carbocycles. The van der Waals surface area contributed by atoms with Crippen LogP contribution in [0.3, 0.4) is 0 Å². The number of benzene rings is 1. The Bertz CT molecular complexity index is 470. The van der Waals surface area contributed by atoms with Crippen LogP contribution in [0.15, 0.2) is 43.1 Å². The Balaban J connectivity index is 2.59. The minimum atomic E-state index is -0.575. The second-order valence-electron chi connectivity index (χ2n) is 3.43. The van der Waals surface area contributed by atoms with Crippen molar-refractivity contribution >= 4 is 10.9 Å². The minimum absolute atomic E-state index is 0.575. The van der Waals surface area contributed by atoms with E-state index in [9.17, 15) is 5.11 Å². The maximum atomic E-state index is 9.59. The second-order valence-corrected chi connectivity index (χ2v) is 3.43. The molecule has 1 aromatic carbocycles. The highest BCUT2D eigenvalue weighted by molar-refractivity contribution is 5.80. The van der Waals surface area contributed by atoms with Gasteiger partial charge in [0, 0.05) is 18.8 Å². The fourth-order valence-electron chi connectivity index (χ4n) is 1.60. The number of hydrogen-bond donors (Lipinski definition) is 1. The summed E-state index contributed by atoms with van der Waals surface area (Å²) in [5, 5.41) is 10.8. The van der Waals surface area contributed by atoms with E-state index in [1.807, 2.05) is 36.0 Å². The average Bonchev–Trinajstić information content (AvgIpc) is 2.59. The Morgan fingerprint density at radius 2 is 2.21 bits per heavy atom. The smallest absolute Gasteiger partial charge is 0.0969 e. The molecule has 1 heterocycles. The van der Waals surface area contributed by atoms with Crippen molar-refractivity contribution in [3.63, 3.8) is 0 Å². The van der Waals surface area contributed by atoms with Gasteiger partial charge in [-0.25, -0.2) is 0 Å². The number of fused-ring (bicyclic) bond motifs is 1. The number of hydrogen-bond acceptors (Lipinski definition) is 1. The Morgan fingerprint density at radius 3 is 2.93 bits per heavy atom. The zero-order valence-corrected chi connectivity index (χ0v) is 8.14.